The number of hydrogen-bond acceptors (Lipinski definition) is 2. The van der Waals surface area contributed by atoms with Gasteiger partial charge in [0.25, 0.3) is 0 Å². The molecule has 1 aliphatic heterocycles. The van der Waals surface area contributed by atoms with E-state index in [1.54, 1.807) is 0 Å². The lowest BCUT2D eigenvalue weighted by Crippen LogP contribution is -2.50. The summed E-state index contributed by atoms with van der Waals surface area (Å²) in [5.74, 6) is 1.13. The molecule has 1 amide bonds. The summed E-state index contributed by atoms with van der Waals surface area (Å²) in [4.78, 5) is 13.9. The molecule has 4 unspecified atom stereocenters. The minimum Gasteiger partial charge on any atom is -0.344 e. The zero-order chi connectivity index (χ0) is 13.1. The van der Waals surface area contributed by atoms with Gasteiger partial charge in [-0.3, -0.25) is 4.79 Å². The van der Waals surface area contributed by atoms with Crippen LogP contribution in [0.4, 0.5) is 0 Å². The minimum absolute atomic E-state index is 0.0759. The molecule has 3 nitrogen and oxygen atoms in total. The zero-order valence-corrected chi connectivity index (χ0v) is 12.1. The van der Waals surface area contributed by atoms with Crippen LogP contribution in [0, 0.1) is 16.7 Å². The highest BCUT2D eigenvalue weighted by molar-refractivity contribution is 5.83. The van der Waals surface area contributed by atoms with Gasteiger partial charge in [0, 0.05) is 19.6 Å². The van der Waals surface area contributed by atoms with Gasteiger partial charge in [-0.25, -0.2) is 0 Å². The van der Waals surface area contributed by atoms with Gasteiger partial charge in [0.1, 0.15) is 0 Å². The molecule has 0 aromatic heterocycles. The van der Waals surface area contributed by atoms with Gasteiger partial charge in [-0.1, -0.05) is 20.8 Å². The van der Waals surface area contributed by atoms with Crippen molar-refractivity contribution >= 4 is 5.91 Å². The number of fused-ring (bicyclic) bond motifs is 2. The lowest BCUT2D eigenvalue weighted by atomic mass is 9.69. The van der Waals surface area contributed by atoms with Crippen LogP contribution in [0.3, 0.4) is 0 Å². The molecule has 0 aromatic carbocycles. The van der Waals surface area contributed by atoms with Gasteiger partial charge in [-0.05, 0) is 42.4 Å². The number of amides is 1. The second-order valence-corrected chi connectivity index (χ2v) is 7.43. The number of carbonyl (C=O) groups is 1. The quantitative estimate of drug-likeness (QED) is 0.813. The maximum atomic E-state index is 12.0. The maximum absolute atomic E-state index is 12.0. The molecule has 18 heavy (non-hydrogen) atoms. The van der Waals surface area contributed by atoms with Crippen LogP contribution in [0.2, 0.25) is 0 Å². The third kappa shape index (κ3) is 1.43. The van der Waals surface area contributed by atoms with Gasteiger partial charge in [0.05, 0.1) is 6.04 Å². The molecule has 2 bridgehead atoms. The van der Waals surface area contributed by atoms with Gasteiger partial charge in [-0.2, -0.15) is 0 Å². The van der Waals surface area contributed by atoms with E-state index < -0.39 is 0 Å². The van der Waals surface area contributed by atoms with Crippen molar-refractivity contribution in [3.63, 3.8) is 0 Å². The maximum Gasteiger partial charge on any atom is 0.239 e. The predicted molar refractivity (Wildman–Crippen MR) is 72.2 cm³/mol. The molecular formula is C15H26N2O. The van der Waals surface area contributed by atoms with Crippen LogP contribution in [0.25, 0.3) is 0 Å². The van der Waals surface area contributed by atoms with Gasteiger partial charge >= 0.3 is 0 Å². The first kappa shape index (κ1) is 12.5. The van der Waals surface area contributed by atoms with E-state index in [0.29, 0.717) is 22.8 Å². The number of rotatable bonds is 2. The number of nitrogens with one attached hydrogen (secondary N) is 1. The highest BCUT2D eigenvalue weighted by Gasteiger charge is 2.61. The molecule has 1 heterocycles. The molecule has 0 spiro atoms. The van der Waals surface area contributed by atoms with Crippen LogP contribution < -0.4 is 5.32 Å². The Labute approximate surface area is 110 Å². The summed E-state index contributed by atoms with van der Waals surface area (Å²) in [7, 11) is 1.91. The van der Waals surface area contributed by atoms with Gasteiger partial charge < -0.3 is 10.2 Å². The van der Waals surface area contributed by atoms with Crippen LogP contribution in [0.15, 0.2) is 0 Å². The molecule has 2 saturated carbocycles. The Hall–Kier alpha value is -0.570. The Morgan fingerprint density at radius 1 is 1.28 bits per heavy atom. The highest BCUT2D eigenvalue weighted by Crippen LogP contribution is 2.65. The monoisotopic (exact) mass is 250 g/mol. The van der Waals surface area contributed by atoms with E-state index in [0.717, 1.165) is 18.9 Å². The van der Waals surface area contributed by atoms with E-state index >= 15 is 0 Å². The first-order chi connectivity index (χ1) is 8.36. The van der Waals surface area contributed by atoms with Crippen LogP contribution in [-0.4, -0.2) is 36.5 Å². The Balaban J connectivity index is 1.74. The molecule has 1 saturated heterocycles. The van der Waals surface area contributed by atoms with Crippen molar-refractivity contribution in [2.45, 2.75) is 58.5 Å². The molecule has 0 radical (unpaired) electrons. The molecule has 0 aromatic rings. The summed E-state index contributed by atoms with van der Waals surface area (Å²) in [6.45, 7) is 8.19. The molecule has 4 atom stereocenters. The third-order valence-corrected chi connectivity index (χ3v) is 6.62. The highest BCUT2D eigenvalue weighted by atomic mass is 16.2. The minimum atomic E-state index is 0.0759. The molecule has 3 fully saturated rings. The Morgan fingerprint density at radius 3 is 2.44 bits per heavy atom. The lowest BCUT2D eigenvalue weighted by molar-refractivity contribution is -0.128. The second kappa shape index (κ2) is 3.72. The van der Waals surface area contributed by atoms with Crippen molar-refractivity contribution < 1.29 is 4.79 Å². The molecule has 3 rings (SSSR count). The topological polar surface area (TPSA) is 32.3 Å². The molecular weight excluding hydrogens is 224 g/mol. The summed E-state index contributed by atoms with van der Waals surface area (Å²) in [5.41, 5.74) is 0.803. The van der Waals surface area contributed by atoms with E-state index in [4.69, 9.17) is 0 Å². The molecule has 2 aliphatic carbocycles. The fourth-order valence-corrected chi connectivity index (χ4v) is 4.68. The van der Waals surface area contributed by atoms with Crippen LogP contribution >= 0.6 is 0 Å². The zero-order valence-electron chi connectivity index (χ0n) is 12.1. The summed E-state index contributed by atoms with van der Waals surface area (Å²) in [5, 5.41) is 3.69. The van der Waals surface area contributed by atoms with Crippen molar-refractivity contribution in [2.75, 3.05) is 13.6 Å². The number of nitrogens with zero attached hydrogens (tertiary/aromatic N) is 1. The van der Waals surface area contributed by atoms with Crippen LogP contribution in [0.5, 0.6) is 0 Å². The van der Waals surface area contributed by atoms with Gasteiger partial charge in [0.2, 0.25) is 5.91 Å². The Morgan fingerprint density at radius 2 is 2.00 bits per heavy atom. The fourth-order valence-electron chi connectivity index (χ4n) is 4.68. The molecule has 102 valence electrons. The van der Waals surface area contributed by atoms with Crippen molar-refractivity contribution in [3.8, 4) is 0 Å². The van der Waals surface area contributed by atoms with E-state index in [9.17, 15) is 4.79 Å². The number of hydrogen-bond donors (Lipinski definition) is 1. The largest absolute Gasteiger partial charge is 0.344 e. The number of likely N-dealkylation sites (N-methyl/N-ethyl adjacent to an activating group) is 1. The number of carbonyl (C=O) groups excluding carboxylic acids is 1. The molecule has 3 aliphatic rings. The van der Waals surface area contributed by atoms with E-state index in [-0.39, 0.29) is 6.04 Å². The van der Waals surface area contributed by atoms with Crippen molar-refractivity contribution in [1.82, 2.24) is 10.2 Å². The first-order valence-electron chi connectivity index (χ1n) is 7.37. The fraction of sp³-hybridized carbons (Fsp3) is 0.933. The van der Waals surface area contributed by atoms with Gasteiger partial charge in [-0.15, -0.1) is 0 Å². The van der Waals surface area contributed by atoms with Crippen LogP contribution in [0.1, 0.15) is 46.5 Å². The summed E-state index contributed by atoms with van der Waals surface area (Å²) < 4.78 is 0. The summed E-state index contributed by atoms with van der Waals surface area (Å²) in [6, 6.07) is 0.610. The average Bonchev–Trinajstić information content (AvgIpc) is 2.80. The third-order valence-electron chi connectivity index (χ3n) is 6.62. The average molecular weight is 250 g/mol. The smallest absolute Gasteiger partial charge is 0.239 e. The summed E-state index contributed by atoms with van der Waals surface area (Å²) in [6.07, 6.45) is 4.93. The van der Waals surface area contributed by atoms with E-state index in [1.165, 1.54) is 19.3 Å². The molecule has 1 N–H and O–H groups in total. The SMILES string of the molecule is CN1CCC(NC2CC3CCC2(C)C3(C)C)C1=O. The lowest BCUT2D eigenvalue weighted by Gasteiger charge is -2.40. The van der Waals surface area contributed by atoms with Crippen LogP contribution in [-0.2, 0) is 4.79 Å². The van der Waals surface area contributed by atoms with Gasteiger partial charge in [0.15, 0.2) is 0 Å². The van der Waals surface area contributed by atoms with Crippen molar-refractivity contribution in [1.29, 1.82) is 0 Å². The van der Waals surface area contributed by atoms with Crippen molar-refractivity contribution in [2.24, 2.45) is 16.7 Å². The predicted octanol–water partition coefficient (Wildman–Crippen LogP) is 2.02. The Kier molecular flexibility index (Phi) is 2.58. The first-order valence-corrected chi connectivity index (χ1v) is 7.37. The standard InChI is InChI=1S/C15H26N2O/c1-14(2)10-5-7-15(14,3)12(9-10)16-11-6-8-17(4)13(11)18/h10-12,16H,5-9H2,1-4H3. The van der Waals surface area contributed by atoms with E-state index in [1.807, 2.05) is 11.9 Å². The Bertz CT molecular complexity index is 379. The summed E-state index contributed by atoms with van der Waals surface area (Å²) >= 11 is 0. The van der Waals surface area contributed by atoms with E-state index in [2.05, 4.69) is 26.1 Å². The molecule has 3 heteroatoms. The normalized spacial score (nSPS) is 46.1. The van der Waals surface area contributed by atoms with Crippen molar-refractivity contribution in [3.05, 3.63) is 0 Å². The number of likely N-dealkylation sites (tertiary alicyclic amines) is 1. The second-order valence-electron chi connectivity index (χ2n) is 7.43.